The Hall–Kier alpha value is -2.43. The molecule has 1 aromatic heterocycles. The molecule has 0 amide bonds. The van der Waals surface area contributed by atoms with Crippen LogP contribution in [-0.4, -0.2) is 11.7 Å². The maximum atomic E-state index is 11.8. The molecule has 0 fully saturated rings. The highest BCUT2D eigenvalue weighted by molar-refractivity contribution is 5.58. The van der Waals surface area contributed by atoms with Gasteiger partial charge in [-0.2, -0.15) is 0 Å². The summed E-state index contributed by atoms with van der Waals surface area (Å²) >= 11 is 0. The summed E-state index contributed by atoms with van der Waals surface area (Å²) in [6, 6.07) is 9.57. The van der Waals surface area contributed by atoms with Gasteiger partial charge in [0.2, 0.25) is 0 Å². The first kappa shape index (κ1) is 10.7. The van der Waals surface area contributed by atoms with E-state index < -0.39 is 0 Å². The van der Waals surface area contributed by atoms with Gasteiger partial charge in [0, 0.05) is 5.69 Å². The van der Waals surface area contributed by atoms with E-state index in [1.807, 2.05) is 31.2 Å². The fourth-order valence-corrected chi connectivity index (χ4v) is 1.82. The van der Waals surface area contributed by atoms with Crippen molar-refractivity contribution < 1.29 is 0 Å². The van der Waals surface area contributed by atoms with Crippen molar-refractivity contribution in [3.05, 3.63) is 57.1 Å². The third-order valence-corrected chi connectivity index (χ3v) is 2.80. The molecule has 1 aromatic carbocycles. The zero-order valence-electron chi connectivity index (χ0n) is 9.90. The van der Waals surface area contributed by atoms with E-state index >= 15 is 0 Å². The van der Waals surface area contributed by atoms with Crippen molar-refractivity contribution in [1.82, 2.24) is 4.98 Å². The fourth-order valence-electron chi connectivity index (χ4n) is 1.82. The molecule has 1 aliphatic rings. The van der Waals surface area contributed by atoms with E-state index in [4.69, 9.17) is 0 Å². The number of aryl methyl sites for hydroxylation is 1. The third kappa shape index (κ3) is 1.90. The predicted octanol–water partition coefficient (Wildman–Crippen LogP) is 0.637. The van der Waals surface area contributed by atoms with Gasteiger partial charge in [0.25, 0.3) is 5.56 Å². The van der Waals surface area contributed by atoms with E-state index in [0.717, 1.165) is 11.0 Å². The molecule has 2 aromatic rings. The van der Waals surface area contributed by atoms with Crippen LogP contribution >= 0.6 is 0 Å². The monoisotopic (exact) mass is 240 g/mol. The number of H-pyrrole nitrogens is 1. The second kappa shape index (κ2) is 4.10. The standard InChI is InChI=1S/C13H12N4O/c1-8-2-4-9(5-3-8)16-11-6-10-12(15-7-14-10)17-13(11)18/h2-6,16H,7H2,1H3,(H,15,17,18). The highest BCUT2D eigenvalue weighted by Crippen LogP contribution is 2.12. The highest BCUT2D eigenvalue weighted by Gasteiger charge is 2.04. The minimum absolute atomic E-state index is 0.185. The lowest BCUT2D eigenvalue weighted by molar-refractivity contribution is 1.03. The lowest BCUT2D eigenvalue weighted by Gasteiger charge is -2.05. The van der Waals surface area contributed by atoms with Crippen LogP contribution in [0.4, 0.5) is 11.4 Å². The average Bonchev–Trinajstić information content (AvgIpc) is 2.79. The van der Waals surface area contributed by atoms with Crippen LogP contribution in [0.3, 0.4) is 0 Å². The van der Waals surface area contributed by atoms with Gasteiger partial charge < -0.3 is 10.3 Å². The average molecular weight is 240 g/mol. The Morgan fingerprint density at radius 2 is 2.00 bits per heavy atom. The van der Waals surface area contributed by atoms with Crippen molar-refractivity contribution >= 4 is 11.4 Å². The first-order valence-corrected chi connectivity index (χ1v) is 5.68. The van der Waals surface area contributed by atoms with Crippen LogP contribution in [0.5, 0.6) is 0 Å². The molecule has 0 unspecified atom stereocenters. The zero-order chi connectivity index (χ0) is 12.5. The number of hydrogen-bond donors (Lipinski definition) is 2. The Balaban J connectivity index is 2.02. The van der Waals surface area contributed by atoms with Crippen LogP contribution in [0.25, 0.3) is 0 Å². The molecule has 1 aliphatic heterocycles. The van der Waals surface area contributed by atoms with Crippen LogP contribution < -0.4 is 21.7 Å². The normalized spacial score (nSPS) is 12.5. The number of anilines is 2. The molecule has 0 saturated carbocycles. The lowest BCUT2D eigenvalue weighted by atomic mass is 10.2. The van der Waals surface area contributed by atoms with Crippen LogP contribution in [-0.2, 0) is 0 Å². The van der Waals surface area contributed by atoms with E-state index in [0.29, 0.717) is 17.8 Å². The summed E-state index contributed by atoms with van der Waals surface area (Å²) in [6.45, 7) is 2.41. The molecule has 5 nitrogen and oxygen atoms in total. The number of nitrogens with zero attached hydrogens (tertiary/aromatic N) is 2. The zero-order valence-corrected chi connectivity index (χ0v) is 9.90. The Kier molecular flexibility index (Phi) is 2.44. The van der Waals surface area contributed by atoms with Gasteiger partial charge in [0.1, 0.15) is 17.7 Å². The molecular weight excluding hydrogens is 228 g/mol. The second-order valence-electron chi connectivity index (χ2n) is 4.19. The van der Waals surface area contributed by atoms with Gasteiger partial charge in [-0.25, -0.2) is 4.99 Å². The molecule has 3 rings (SSSR count). The fraction of sp³-hybridized carbons (Fsp3) is 0.154. The Morgan fingerprint density at radius 3 is 2.78 bits per heavy atom. The smallest absolute Gasteiger partial charge is 0.273 e. The maximum absolute atomic E-state index is 11.8. The second-order valence-corrected chi connectivity index (χ2v) is 4.19. The van der Waals surface area contributed by atoms with Gasteiger partial charge in [0.05, 0.1) is 0 Å². The Labute approximate surface area is 103 Å². The van der Waals surface area contributed by atoms with Crippen LogP contribution in [0, 0.1) is 6.92 Å². The molecule has 0 spiro atoms. The summed E-state index contributed by atoms with van der Waals surface area (Å²) in [6.07, 6.45) is 0. The van der Waals surface area contributed by atoms with Crippen molar-refractivity contribution in [2.75, 3.05) is 12.0 Å². The third-order valence-electron chi connectivity index (χ3n) is 2.80. The van der Waals surface area contributed by atoms with Crippen molar-refractivity contribution in [2.45, 2.75) is 6.92 Å². The van der Waals surface area contributed by atoms with E-state index in [9.17, 15) is 4.79 Å². The molecule has 0 aliphatic carbocycles. The number of hydrogen-bond acceptors (Lipinski definition) is 4. The number of pyridine rings is 1. The van der Waals surface area contributed by atoms with E-state index in [2.05, 4.69) is 20.3 Å². The number of aromatic nitrogens is 1. The van der Waals surface area contributed by atoms with Crippen molar-refractivity contribution in [2.24, 2.45) is 9.98 Å². The van der Waals surface area contributed by atoms with Gasteiger partial charge in [-0.15, -0.1) is 0 Å². The first-order chi connectivity index (χ1) is 8.72. The molecule has 90 valence electrons. The number of rotatable bonds is 2. The summed E-state index contributed by atoms with van der Waals surface area (Å²) in [5.74, 6) is 0. The van der Waals surface area contributed by atoms with E-state index in [1.165, 1.54) is 5.56 Å². The molecule has 5 heteroatoms. The summed E-state index contributed by atoms with van der Waals surface area (Å²) in [5.41, 5.74) is 2.92. The van der Waals surface area contributed by atoms with E-state index in [1.54, 1.807) is 6.07 Å². The van der Waals surface area contributed by atoms with Crippen molar-refractivity contribution in [3.8, 4) is 0 Å². The van der Waals surface area contributed by atoms with Gasteiger partial charge in [0.15, 0.2) is 5.49 Å². The largest absolute Gasteiger partial charge is 0.351 e. The van der Waals surface area contributed by atoms with Crippen molar-refractivity contribution in [1.29, 1.82) is 0 Å². The predicted molar refractivity (Wildman–Crippen MR) is 68.7 cm³/mol. The minimum Gasteiger partial charge on any atom is -0.351 e. The number of nitrogens with one attached hydrogen (secondary N) is 2. The van der Waals surface area contributed by atoms with Gasteiger partial charge >= 0.3 is 0 Å². The summed E-state index contributed by atoms with van der Waals surface area (Å²) in [7, 11) is 0. The SMILES string of the molecule is Cc1ccc(Nc2cc3c([nH]c2=O)=NCN=3)cc1. The molecule has 18 heavy (non-hydrogen) atoms. The lowest BCUT2D eigenvalue weighted by Crippen LogP contribution is -2.33. The molecule has 0 bridgehead atoms. The molecular formula is C13H12N4O. The first-order valence-electron chi connectivity index (χ1n) is 5.68. The number of benzene rings is 1. The van der Waals surface area contributed by atoms with Gasteiger partial charge in [-0.05, 0) is 25.1 Å². The van der Waals surface area contributed by atoms with Crippen molar-refractivity contribution in [3.63, 3.8) is 0 Å². The summed E-state index contributed by atoms with van der Waals surface area (Å²) in [4.78, 5) is 22.8. The van der Waals surface area contributed by atoms with Gasteiger partial charge in [-0.3, -0.25) is 9.79 Å². The summed E-state index contributed by atoms with van der Waals surface area (Å²) in [5, 5.41) is 3.81. The Morgan fingerprint density at radius 1 is 1.22 bits per heavy atom. The topological polar surface area (TPSA) is 69.6 Å². The number of aromatic amines is 1. The molecule has 0 atom stereocenters. The Bertz CT molecular complexity index is 759. The maximum Gasteiger partial charge on any atom is 0.273 e. The van der Waals surface area contributed by atoms with Crippen LogP contribution in [0.2, 0.25) is 0 Å². The van der Waals surface area contributed by atoms with Crippen LogP contribution in [0.15, 0.2) is 45.1 Å². The minimum atomic E-state index is -0.185. The van der Waals surface area contributed by atoms with E-state index in [-0.39, 0.29) is 5.56 Å². The summed E-state index contributed by atoms with van der Waals surface area (Å²) < 4.78 is 0. The van der Waals surface area contributed by atoms with Gasteiger partial charge in [-0.1, -0.05) is 17.7 Å². The number of fused-ring (bicyclic) bond motifs is 1. The molecule has 2 heterocycles. The highest BCUT2D eigenvalue weighted by atomic mass is 16.1. The molecule has 2 N–H and O–H groups in total. The quantitative estimate of drug-likeness (QED) is 0.808. The molecule has 0 saturated heterocycles. The van der Waals surface area contributed by atoms with Crippen LogP contribution in [0.1, 0.15) is 5.56 Å². The molecule has 0 radical (unpaired) electrons.